The average Bonchev–Trinajstić information content (AvgIpc) is 2.23. The summed E-state index contributed by atoms with van der Waals surface area (Å²) in [5.74, 6) is 0. The molecule has 0 radical (unpaired) electrons. The van der Waals surface area contributed by atoms with Crippen molar-refractivity contribution in [2.45, 2.75) is 26.2 Å². The second-order valence-electron chi connectivity index (χ2n) is 5.09. The number of nitro groups is 1. The molecule has 5 nitrogen and oxygen atoms in total. The standard InChI is InChI=1S/C12H17N3O2/c1-12(3-2-4-12)8-14-10-5-9(13)6-11(7-10)15(16)17/h5-7,14H,2-4,8,13H2,1H3. The molecule has 0 atom stereocenters. The van der Waals surface area contributed by atoms with E-state index in [-0.39, 0.29) is 5.69 Å². The van der Waals surface area contributed by atoms with Crippen LogP contribution < -0.4 is 11.1 Å². The fraction of sp³-hybridized carbons (Fsp3) is 0.500. The van der Waals surface area contributed by atoms with E-state index in [1.165, 1.54) is 31.4 Å². The van der Waals surface area contributed by atoms with Gasteiger partial charge in [0.05, 0.1) is 4.92 Å². The Morgan fingerprint density at radius 1 is 1.47 bits per heavy atom. The molecule has 0 aromatic heterocycles. The van der Waals surface area contributed by atoms with E-state index in [0.29, 0.717) is 11.1 Å². The van der Waals surface area contributed by atoms with Crippen molar-refractivity contribution in [1.29, 1.82) is 0 Å². The maximum Gasteiger partial charge on any atom is 0.273 e. The zero-order valence-electron chi connectivity index (χ0n) is 9.90. The molecule has 0 amide bonds. The summed E-state index contributed by atoms with van der Waals surface area (Å²) >= 11 is 0. The molecule has 2 rings (SSSR count). The topological polar surface area (TPSA) is 81.2 Å². The van der Waals surface area contributed by atoms with Crippen LogP contribution in [0.25, 0.3) is 0 Å². The second kappa shape index (κ2) is 4.24. The first-order valence-corrected chi connectivity index (χ1v) is 5.77. The lowest BCUT2D eigenvalue weighted by Crippen LogP contribution is -2.33. The average molecular weight is 235 g/mol. The first-order valence-electron chi connectivity index (χ1n) is 5.77. The number of hydrogen-bond acceptors (Lipinski definition) is 4. The minimum Gasteiger partial charge on any atom is -0.398 e. The number of nitrogens with zero attached hydrogens (tertiary/aromatic N) is 1. The summed E-state index contributed by atoms with van der Waals surface area (Å²) in [5, 5.41) is 13.9. The molecule has 3 N–H and O–H groups in total. The lowest BCUT2D eigenvalue weighted by Gasteiger charge is -2.38. The molecule has 5 heteroatoms. The number of benzene rings is 1. The first kappa shape index (κ1) is 11.7. The summed E-state index contributed by atoms with van der Waals surface area (Å²) in [6.07, 6.45) is 3.70. The molecule has 1 fully saturated rings. The third-order valence-electron chi connectivity index (χ3n) is 3.43. The normalized spacial score (nSPS) is 17.2. The van der Waals surface area contributed by atoms with E-state index in [2.05, 4.69) is 12.2 Å². The van der Waals surface area contributed by atoms with E-state index < -0.39 is 4.92 Å². The van der Waals surface area contributed by atoms with Gasteiger partial charge in [-0.15, -0.1) is 0 Å². The molecule has 0 saturated heterocycles. The van der Waals surface area contributed by atoms with Gasteiger partial charge < -0.3 is 11.1 Å². The summed E-state index contributed by atoms with van der Waals surface area (Å²) in [6, 6.07) is 4.63. The van der Waals surface area contributed by atoms with Gasteiger partial charge in [-0.05, 0) is 24.3 Å². The maximum absolute atomic E-state index is 10.7. The quantitative estimate of drug-likeness (QED) is 0.477. The highest BCUT2D eigenvalue weighted by atomic mass is 16.6. The smallest absolute Gasteiger partial charge is 0.273 e. The van der Waals surface area contributed by atoms with Crippen molar-refractivity contribution in [3.05, 3.63) is 28.3 Å². The number of nitrogens with two attached hydrogens (primary N) is 1. The van der Waals surface area contributed by atoms with Gasteiger partial charge in [-0.1, -0.05) is 13.3 Å². The van der Waals surface area contributed by atoms with Gasteiger partial charge >= 0.3 is 0 Å². The zero-order valence-corrected chi connectivity index (χ0v) is 9.90. The van der Waals surface area contributed by atoms with Gasteiger partial charge in [-0.3, -0.25) is 10.1 Å². The fourth-order valence-corrected chi connectivity index (χ4v) is 2.11. The van der Waals surface area contributed by atoms with Crippen LogP contribution in [0.5, 0.6) is 0 Å². The minimum absolute atomic E-state index is 0.0336. The molecule has 0 unspecified atom stereocenters. The van der Waals surface area contributed by atoms with Crippen molar-refractivity contribution < 1.29 is 4.92 Å². The van der Waals surface area contributed by atoms with Crippen LogP contribution in [-0.2, 0) is 0 Å². The van der Waals surface area contributed by atoms with E-state index >= 15 is 0 Å². The Morgan fingerprint density at radius 3 is 2.71 bits per heavy atom. The van der Waals surface area contributed by atoms with E-state index in [4.69, 9.17) is 5.73 Å². The van der Waals surface area contributed by atoms with Crippen molar-refractivity contribution in [2.24, 2.45) is 5.41 Å². The summed E-state index contributed by atoms with van der Waals surface area (Å²) in [4.78, 5) is 10.3. The van der Waals surface area contributed by atoms with Crippen LogP contribution in [0.2, 0.25) is 0 Å². The molecule has 1 saturated carbocycles. The molecule has 0 aliphatic heterocycles. The van der Waals surface area contributed by atoms with E-state index in [9.17, 15) is 10.1 Å². The molecule has 1 aliphatic rings. The van der Waals surface area contributed by atoms with E-state index in [0.717, 1.165) is 12.2 Å². The Balaban J connectivity index is 2.07. The largest absolute Gasteiger partial charge is 0.398 e. The van der Waals surface area contributed by atoms with Gasteiger partial charge in [0.2, 0.25) is 0 Å². The summed E-state index contributed by atoms with van der Waals surface area (Å²) in [6.45, 7) is 3.07. The number of hydrogen-bond donors (Lipinski definition) is 2. The van der Waals surface area contributed by atoms with E-state index in [1.807, 2.05) is 0 Å². The Kier molecular flexibility index (Phi) is 2.92. The van der Waals surface area contributed by atoms with Gasteiger partial charge in [-0.2, -0.15) is 0 Å². The van der Waals surface area contributed by atoms with Crippen LogP contribution in [0.1, 0.15) is 26.2 Å². The molecule has 1 aliphatic carbocycles. The Bertz CT molecular complexity index is 441. The highest BCUT2D eigenvalue weighted by Gasteiger charge is 2.31. The molecule has 0 spiro atoms. The van der Waals surface area contributed by atoms with Crippen LogP contribution >= 0.6 is 0 Å². The highest BCUT2D eigenvalue weighted by molar-refractivity contribution is 5.61. The van der Waals surface area contributed by atoms with Gasteiger partial charge in [0.1, 0.15) is 0 Å². The van der Waals surface area contributed by atoms with Crippen molar-refractivity contribution in [1.82, 2.24) is 0 Å². The molecule has 17 heavy (non-hydrogen) atoms. The van der Waals surface area contributed by atoms with Gasteiger partial charge in [-0.25, -0.2) is 0 Å². The van der Waals surface area contributed by atoms with E-state index in [1.54, 1.807) is 6.07 Å². The molecule has 1 aromatic carbocycles. The minimum atomic E-state index is -0.424. The van der Waals surface area contributed by atoms with Crippen LogP contribution in [0, 0.1) is 15.5 Å². The van der Waals surface area contributed by atoms with Crippen molar-refractivity contribution >= 4 is 17.1 Å². The SMILES string of the molecule is CC1(CNc2cc(N)cc([N+](=O)[O-])c2)CCC1. The number of nitrogen functional groups attached to an aromatic ring is 1. The fourth-order valence-electron chi connectivity index (χ4n) is 2.11. The third kappa shape index (κ3) is 2.67. The van der Waals surface area contributed by atoms with Gasteiger partial charge in [0.15, 0.2) is 0 Å². The lowest BCUT2D eigenvalue weighted by atomic mass is 9.70. The van der Waals surface area contributed by atoms with Crippen LogP contribution in [-0.4, -0.2) is 11.5 Å². The molecule has 0 bridgehead atoms. The summed E-state index contributed by atoms with van der Waals surface area (Å²) in [5.41, 5.74) is 7.15. The number of anilines is 2. The molecular weight excluding hydrogens is 218 g/mol. The highest BCUT2D eigenvalue weighted by Crippen LogP contribution is 2.40. The monoisotopic (exact) mass is 235 g/mol. The van der Waals surface area contributed by atoms with Crippen LogP contribution in [0.4, 0.5) is 17.1 Å². The van der Waals surface area contributed by atoms with Crippen molar-refractivity contribution in [3.8, 4) is 0 Å². The predicted octanol–water partition coefficient (Wildman–Crippen LogP) is 2.78. The maximum atomic E-state index is 10.7. The first-order chi connectivity index (χ1) is 7.98. The van der Waals surface area contributed by atoms with Gasteiger partial charge in [0, 0.05) is 30.1 Å². The predicted molar refractivity (Wildman–Crippen MR) is 68.0 cm³/mol. The van der Waals surface area contributed by atoms with Crippen molar-refractivity contribution in [3.63, 3.8) is 0 Å². The Hall–Kier alpha value is -1.78. The van der Waals surface area contributed by atoms with Crippen LogP contribution in [0.15, 0.2) is 18.2 Å². The number of nitrogens with one attached hydrogen (secondary N) is 1. The molecule has 92 valence electrons. The second-order valence-corrected chi connectivity index (χ2v) is 5.09. The number of nitro benzene ring substituents is 1. The third-order valence-corrected chi connectivity index (χ3v) is 3.43. The Morgan fingerprint density at radius 2 is 2.18 bits per heavy atom. The van der Waals surface area contributed by atoms with Crippen LogP contribution in [0.3, 0.4) is 0 Å². The van der Waals surface area contributed by atoms with Crippen molar-refractivity contribution in [2.75, 3.05) is 17.6 Å². The lowest BCUT2D eigenvalue weighted by molar-refractivity contribution is -0.384. The summed E-state index contributed by atoms with van der Waals surface area (Å²) in [7, 11) is 0. The molecule has 0 heterocycles. The Labute approximate surface area is 100 Å². The number of rotatable bonds is 4. The molecule has 1 aromatic rings. The number of non-ortho nitro benzene ring substituents is 1. The molecular formula is C12H17N3O2. The zero-order chi connectivity index (χ0) is 12.5. The van der Waals surface area contributed by atoms with Gasteiger partial charge in [0.25, 0.3) is 5.69 Å². The summed E-state index contributed by atoms with van der Waals surface area (Å²) < 4.78 is 0.